The summed E-state index contributed by atoms with van der Waals surface area (Å²) in [4.78, 5) is 14.8. The van der Waals surface area contributed by atoms with Gasteiger partial charge in [-0.15, -0.1) is 12.4 Å². The van der Waals surface area contributed by atoms with E-state index in [1.165, 1.54) is 12.1 Å². The summed E-state index contributed by atoms with van der Waals surface area (Å²) in [7, 11) is 0. The van der Waals surface area contributed by atoms with E-state index in [1.54, 1.807) is 13.8 Å². The van der Waals surface area contributed by atoms with Crippen LogP contribution in [0.1, 0.15) is 24.5 Å². The molecule has 0 radical (unpaired) electrons. The molecule has 2 rings (SSSR count). The summed E-state index contributed by atoms with van der Waals surface area (Å²) < 4.78 is 29.1. The Morgan fingerprint density at radius 2 is 2.04 bits per heavy atom. The molecule has 1 unspecified atom stereocenters. The monoisotopic (exact) mass is 377 g/mol. The van der Waals surface area contributed by atoms with Crippen molar-refractivity contribution >= 4 is 24.0 Å². The molecule has 0 aromatic heterocycles. The molecule has 142 valence electrons. The summed E-state index contributed by atoms with van der Waals surface area (Å²) >= 11 is 0. The van der Waals surface area contributed by atoms with Gasteiger partial charge in [-0.25, -0.2) is 0 Å². The van der Waals surface area contributed by atoms with Crippen LogP contribution in [0.25, 0.3) is 0 Å². The average Bonchev–Trinajstić information content (AvgIpc) is 2.51. The summed E-state index contributed by atoms with van der Waals surface area (Å²) in [6, 6.07) is 2.80. The van der Waals surface area contributed by atoms with Crippen molar-refractivity contribution in [3.63, 3.8) is 0 Å². The fourth-order valence-electron chi connectivity index (χ4n) is 3.06. The van der Waals surface area contributed by atoms with E-state index < -0.39 is 6.61 Å². The van der Waals surface area contributed by atoms with Crippen LogP contribution in [0.5, 0.6) is 5.75 Å². The molecular weight excluding hydrogens is 352 g/mol. The summed E-state index contributed by atoms with van der Waals surface area (Å²) in [5.74, 6) is 0.0225. The van der Waals surface area contributed by atoms with E-state index in [0.717, 1.165) is 26.1 Å². The number of piperazine rings is 1. The van der Waals surface area contributed by atoms with E-state index in [4.69, 9.17) is 0 Å². The Labute approximate surface area is 153 Å². The summed E-state index contributed by atoms with van der Waals surface area (Å²) in [5, 5.41) is 6.20. The second-order valence-corrected chi connectivity index (χ2v) is 6.06. The Hall–Kier alpha value is -1.44. The van der Waals surface area contributed by atoms with E-state index in [-0.39, 0.29) is 30.1 Å². The molecule has 0 aliphatic carbocycles. The number of ether oxygens (including phenoxy) is 1. The summed E-state index contributed by atoms with van der Waals surface area (Å²) in [6.07, 6.45) is 0.988. The zero-order chi connectivity index (χ0) is 17.7. The van der Waals surface area contributed by atoms with Gasteiger partial charge in [0.25, 0.3) is 0 Å². The predicted molar refractivity (Wildman–Crippen MR) is 96.9 cm³/mol. The number of amides is 1. The maximum absolute atomic E-state index is 12.7. The van der Waals surface area contributed by atoms with E-state index >= 15 is 0 Å². The van der Waals surface area contributed by atoms with E-state index in [9.17, 15) is 13.6 Å². The van der Waals surface area contributed by atoms with Crippen molar-refractivity contribution in [1.29, 1.82) is 0 Å². The minimum Gasteiger partial charge on any atom is -0.435 e. The molecule has 8 heteroatoms. The quantitative estimate of drug-likeness (QED) is 0.800. The highest BCUT2D eigenvalue weighted by molar-refractivity contribution is 5.96. The highest BCUT2D eigenvalue weighted by Gasteiger charge is 2.28. The van der Waals surface area contributed by atoms with Crippen molar-refractivity contribution in [3.8, 4) is 5.75 Å². The van der Waals surface area contributed by atoms with Gasteiger partial charge in [-0.05, 0) is 50.1 Å². The molecule has 1 aromatic rings. The van der Waals surface area contributed by atoms with Crippen molar-refractivity contribution in [3.05, 3.63) is 23.3 Å². The third-order valence-corrected chi connectivity index (χ3v) is 4.15. The van der Waals surface area contributed by atoms with Crippen LogP contribution in [-0.4, -0.2) is 49.6 Å². The molecule has 1 amide bonds. The minimum atomic E-state index is -2.86. The number of hydrogen-bond acceptors (Lipinski definition) is 4. The van der Waals surface area contributed by atoms with Gasteiger partial charge in [-0.2, -0.15) is 8.78 Å². The van der Waals surface area contributed by atoms with Crippen molar-refractivity contribution < 1.29 is 18.3 Å². The predicted octanol–water partition coefficient (Wildman–Crippen LogP) is 2.95. The van der Waals surface area contributed by atoms with Crippen LogP contribution < -0.4 is 15.4 Å². The van der Waals surface area contributed by atoms with Crippen molar-refractivity contribution in [2.24, 2.45) is 0 Å². The third kappa shape index (κ3) is 5.80. The Morgan fingerprint density at radius 3 is 2.60 bits per heavy atom. The molecule has 1 aromatic carbocycles. The number of nitrogens with one attached hydrogen (secondary N) is 2. The molecule has 0 spiro atoms. The van der Waals surface area contributed by atoms with E-state index in [2.05, 4.69) is 27.2 Å². The number of halogens is 3. The number of aryl methyl sites for hydroxylation is 2. The number of hydrogen-bond donors (Lipinski definition) is 2. The largest absolute Gasteiger partial charge is 0.435 e. The lowest BCUT2D eigenvalue weighted by Crippen LogP contribution is -2.56. The number of anilines is 1. The molecule has 1 heterocycles. The second kappa shape index (κ2) is 9.89. The van der Waals surface area contributed by atoms with Crippen LogP contribution >= 0.6 is 12.4 Å². The van der Waals surface area contributed by atoms with Crippen LogP contribution in [0.3, 0.4) is 0 Å². The zero-order valence-corrected chi connectivity index (χ0v) is 15.6. The number of carbonyl (C=O) groups is 1. The molecule has 0 saturated carbocycles. The molecule has 1 aliphatic rings. The van der Waals surface area contributed by atoms with Gasteiger partial charge in [0, 0.05) is 25.3 Å². The molecule has 5 nitrogen and oxygen atoms in total. The lowest BCUT2D eigenvalue weighted by atomic mass is 10.1. The second-order valence-electron chi connectivity index (χ2n) is 6.06. The highest BCUT2D eigenvalue weighted by atomic mass is 35.5. The molecule has 1 saturated heterocycles. The Kier molecular flexibility index (Phi) is 8.55. The fourth-order valence-corrected chi connectivity index (χ4v) is 3.06. The van der Waals surface area contributed by atoms with Crippen molar-refractivity contribution in [2.45, 2.75) is 39.8 Å². The summed E-state index contributed by atoms with van der Waals surface area (Å²) in [5.41, 5.74) is 2.05. The topological polar surface area (TPSA) is 53.6 Å². The normalized spacial score (nSPS) is 17.9. The Bertz CT molecular complexity index is 562. The first-order chi connectivity index (χ1) is 11.4. The lowest BCUT2D eigenvalue weighted by molar-refractivity contribution is -0.121. The molecule has 0 bridgehead atoms. The molecule has 1 atom stereocenters. The molecular formula is C17H26ClF2N3O2. The third-order valence-electron chi connectivity index (χ3n) is 4.15. The van der Waals surface area contributed by atoms with E-state index in [0.29, 0.717) is 23.4 Å². The van der Waals surface area contributed by atoms with Gasteiger partial charge in [0.05, 0.1) is 0 Å². The number of rotatable bonds is 6. The van der Waals surface area contributed by atoms with Gasteiger partial charge in [-0.1, -0.05) is 6.92 Å². The minimum absolute atomic E-state index is 0. The summed E-state index contributed by atoms with van der Waals surface area (Å²) in [6.45, 7) is 5.96. The first kappa shape index (κ1) is 21.6. The van der Waals surface area contributed by atoms with Crippen molar-refractivity contribution in [1.82, 2.24) is 10.2 Å². The number of benzene rings is 1. The maximum Gasteiger partial charge on any atom is 0.387 e. The Balaban J connectivity index is 0.00000312. The Morgan fingerprint density at radius 1 is 1.40 bits per heavy atom. The SMILES string of the molecule is CCCN1CCNCC1C(=O)Nc1c(C)cc(OC(F)F)cc1C.Cl. The number of alkyl halides is 2. The van der Waals surface area contributed by atoms with E-state index in [1.807, 2.05) is 0 Å². The van der Waals surface area contributed by atoms with Crippen LogP contribution in [0.15, 0.2) is 12.1 Å². The first-order valence-corrected chi connectivity index (χ1v) is 8.24. The van der Waals surface area contributed by atoms with Gasteiger partial charge < -0.3 is 15.4 Å². The van der Waals surface area contributed by atoms with Crippen LogP contribution in [0, 0.1) is 13.8 Å². The fraction of sp³-hybridized carbons (Fsp3) is 0.588. The first-order valence-electron chi connectivity index (χ1n) is 8.24. The molecule has 2 N–H and O–H groups in total. The lowest BCUT2D eigenvalue weighted by Gasteiger charge is -2.35. The van der Waals surface area contributed by atoms with Crippen LogP contribution in [-0.2, 0) is 4.79 Å². The number of carbonyl (C=O) groups excluding carboxylic acids is 1. The van der Waals surface area contributed by atoms with Crippen molar-refractivity contribution in [2.75, 3.05) is 31.5 Å². The smallest absolute Gasteiger partial charge is 0.387 e. The average molecular weight is 378 g/mol. The van der Waals surface area contributed by atoms with Crippen LogP contribution in [0.4, 0.5) is 14.5 Å². The van der Waals surface area contributed by atoms with Gasteiger partial charge >= 0.3 is 6.61 Å². The van der Waals surface area contributed by atoms with Crippen LogP contribution in [0.2, 0.25) is 0 Å². The van der Waals surface area contributed by atoms with Gasteiger partial charge in [0.1, 0.15) is 11.8 Å². The van der Waals surface area contributed by atoms with Gasteiger partial charge in [-0.3, -0.25) is 9.69 Å². The highest BCUT2D eigenvalue weighted by Crippen LogP contribution is 2.27. The molecule has 1 aliphatic heterocycles. The standard InChI is InChI=1S/C17H25F2N3O2.ClH/c1-4-6-22-7-5-20-10-14(22)16(23)21-15-11(2)8-13(9-12(15)3)24-17(18)19;/h8-9,14,17,20H,4-7,10H2,1-3H3,(H,21,23);1H. The van der Waals surface area contributed by atoms with Gasteiger partial charge in [0.15, 0.2) is 0 Å². The molecule has 1 fully saturated rings. The zero-order valence-electron chi connectivity index (χ0n) is 14.8. The molecule has 25 heavy (non-hydrogen) atoms. The maximum atomic E-state index is 12.7. The number of nitrogens with zero attached hydrogens (tertiary/aromatic N) is 1. The van der Waals surface area contributed by atoms with Gasteiger partial charge in [0.2, 0.25) is 5.91 Å².